The summed E-state index contributed by atoms with van der Waals surface area (Å²) in [4.78, 5) is 1.22. The second-order valence-electron chi connectivity index (χ2n) is 6.80. The molecule has 0 amide bonds. The van der Waals surface area contributed by atoms with Gasteiger partial charge in [-0.3, -0.25) is 0 Å². The summed E-state index contributed by atoms with van der Waals surface area (Å²) in [7, 11) is -6.05. The summed E-state index contributed by atoms with van der Waals surface area (Å²) in [5.74, 6) is 0. The molecular weight excluding hydrogens is 446 g/mol. The van der Waals surface area contributed by atoms with E-state index in [1.54, 1.807) is 0 Å². The van der Waals surface area contributed by atoms with Gasteiger partial charge in [0.1, 0.15) is 14.5 Å². The van der Waals surface area contributed by atoms with Crippen molar-refractivity contribution in [2.24, 2.45) is 0 Å². The number of anilines is 1. The number of halogens is 1. The van der Waals surface area contributed by atoms with Gasteiger partial charge in [0.25, 0.3) is 0 Å². The molecule has 1 N–H and O–H groups in total. The van der Waals surface area contributed by atoms with Crippen LogP contribution in [-0.4, -0.2) is 4.86 Å². The highest BCUT2D eigenvalue weighted by molar-refractivity contribution is 8.20. The van der Waals surface area contributed by atoms with E-state index < -0.39 is 21.0 Å². The number of para-hydroxylation sites is 1. The fraction of sp³-hybridized carbons (Fsp3) is 0. The maximum absolute atomic E-state index is 11.6. The number of allylic oxidation sites excluding steroid dienone is 4. The van der Waals surface area contributed by atoms with E-state index in [1.165, 1.54) is 0 Å². The van der Waals surface area contributed by atoms with Crippen LogP contribution in [0.1, 0.15) is 11.1 Å². The fourth-order valence-electron chi connectivity index (χ4n) is 3.17. The molecule has 1 aliphatic heterocycles. The van der Waals surface area contributed by atoms with Gasteiger partial charge in [-0.15, -0.1) is 0 Å². The molecule has 0 aromatic heterocycles. The van der Waals surface area contributed by atoms with Gasteiger partial charge in [-0.2, -0.15) is 14.0 Å². The Morgan fingerprint density at radius 3 is 1.88 bits per heavy atom. The van der Waals surface area contributed by atoms with E-state index in [9.17, 15) is 14.0 Å². The summed E-state index contributed by atoms with van der Waals surface area (Å²) in [6.45, 7) is 0. The molecule has 5 nitrogen and oxygen atoms in total. The van der Waals surface area contributed by atoms with Gasteiger partial charge >= 0.3 is 0 Å². The normalized spacial score (nSPS) is 16.6. The van der Waals surface area contributed by atoms with Crippen LogP contribution in [0.25, 0.3) is 4.91 Å². The molecule has 1 heterocycles. The van der Waals surface area contributed by atoms with E-state index in [4.69, 9.17) is 3.74 Å². The number of hydrogen-bond acceptors (Lipinski definition) is 5. The molecule has 3 aromatic rings. The standard InChI is InChI=1S/C25H20ClNO4S/c28-26(29,30)31-32-24(21-10-4-1-5-11-21)18-20(16-17-27-23-14-8-3-9-15-23)19-25(32)22-12-6-2-7-13-22/h1-19,27H/b17-16+. The maximum atomic E-state index is 11.6. The van der Waals surface area contributed by atoms with Crippen LogP contribution in [-0.2, 0) is 3.74 Å². The van der Waals surface area contributed by atoms with Crippen molar-refractivity contribution < 1.29 is 28.0 Å². The Kier molecular flexibility index (Phi) is 7.02. The molecule has 0 fully saturated rings. The Morgan fingerprint density at radius 2 is 1.28 bits per heavy atom. The molecule has 0 saturated carbocycles. The first-order chi connectivity index (χ1) is 15.5. The zero-order valence-corrected chi connectivity index (χ0v) is 18.5. The van der Waals surface area contributed by atoms with Crippen LogP contribution in [0.4, 0.5) is 5.69 Å². The highest BCUT2D eigenvalue weighted by atomic mass is 35.7. The summed E-state index contributed by atoms with van der Waals surface area (Å²) in [5.41, 5.74) is 3.33. The van der Waals surface area contributed by atoms with Gasteiger partial charge in [0.2, 0.25) is 0 Å². The number of hydrogen-bond donors (Lipinski definition) is 1. The van der Waals surface area contributed by atoms with Crippen molar-refractivity contribution in [3.63, 3.8) is 0 Å². The average Bonchev–Trinajstić information content (AvgIpc) is 2.81. The van der Waals surface area contributed by atoms with Gasteiger partial charge in [0.15, 0.2) is 0 Å². The lowest BCUT2D eigenvalue weighted by Crippen LogP contribution is -2.60. The van der Waals surface area contributed by atoms with Crippen molar-refractivity contribution in [2.75, 3.05) is 5.32 Å². The van der Waals surface area contributed by atoms with Gasteiger partial charge < -0.3 is 5.32 Å². The molecule has 0 bridgehead atoms. The highest BCUT2D eigenvalue weighted by Gasteiger charge is 2.31. The summed E-state index contributed by atoms with van der Waals surface area (Å²) in [6.07, 6.45) is 7.39. The number of nitrogens with one attached hydrogen (secondary N) is 1. The maximum Gasteiger partial charge on any atom is 0.148 e. The quantitative estimate of drug-likeness (QED) is 0.542. The molecule has 0 aliphatic carbocycles. The van der Waals surface area contributed by atoms with Crippen LogP contribution >= 0.6 is 10.8 Å². The van der Waals surface area contributed by atoms with E-state index in [-0.39, 0.29) is 0 Å². The van der Waals surface area contributed by atoms with Gasteiger partial charge in [0, 0.05) is 11.9 Å². The minimum atomic E-state index is -4.63. The van der Waals surface area contributed by atoms with E-state index in [2.05, 4.69) is 5.32 Å². The van der Waals surface area contributed by atoms with Crippen molar-refractivity contribution >= 4 is 26.2 Å². The minimum absolute atomic E-state index is 0.609. The smallest absolute Gasteiger partial charge is 0.148 e. The molecule has 0 spiro atoms. The molecule has 7 heteroatoms. The van der Waals surface area contributed by atoms with Crippen molar-refractivity contribution in [1.29, 1.82) is 0 Å². The zero-order valence-electron chi connectivity index (χ0n) is 16.9. The summed E-state index contributed by atoms with van der Waals surface area (Å²) in [6, 6.07) is 28.3. The third-order valence-corrected chi connectivity index (χ3v) is 7.18. The molecule has 162 valence electrons. The molecule has 4 rings (SSSR count). The Labute approximate surface area is 191 Å². The lowest BCUT2D eigenvalue weighted by molar-refractivity contribution is -1.91. The number of rotatable bonds is 7. The molecule has 1 aliphatic rings. The predicted octanol–water partition coefficient (Wildman–Crippen LogP) is 2.91. The Bertz CT molecular complexity index is 1180. The second-order valence-corrected chi connectivity index (χ2v) is 9.48. The first-order valence-corrected chi connectivity index (χ1v) is 12.1. The van der Waals surface area contributed by atoms with Gasteiger partial charge in [0.05, 0.1) is 20.0 Å². The fourth-order valence-corrected chi connectivity index (χ4v) is 5.75. The lowest BCUT2D eigenvalue weighted by atomic mass is 10.1. The SMILES string of the molecule is [O-][Cl+3]([O-])([O-])OS1=C(c2ccccc2)C=C(/C=C/Nc2ccccc2)C=C1c1ccccc1. The van der Waals surface area contributed by atoms with Crippen LogP contribution in [0.5, 0.6) is 0 Å². The average molecular weight is 466 g/mol. The molecule has 32 heavy (non-hydrogen) atoms. The molecule has 0 radical (unpaired) electrons. The van der Waals surface area contributed by atoms with Crippen molar-refractivity contribution in [2.45, 2.75) is 0 Å². The topological polar surface area (TPSA) is 90.4 Å². The van der Waals surface area contributed by atoms with E-state index >= 15 is 0 Å². The van der Waals surface area contributed by atoms with E-state index in [0.29, 0.717) is 9.77 Å². The Balaban J connectivity index is 1.80. The predicted molar refractivity (Wildman–Crippen MR) is 121 cm³/mol. The highest BCUT2D eigenvalue weighted by Crippen LogP contribution is 2.43. The zero-order chi connectivity index (χ0) is 22.4. The molecule has 1 atom stereocenters. The van der Waals surface area contributed by atoms with Gasteiger partial charge in [-0.1, -0.05) is 78.9 Å². The van der Waals surface area contributed by atoms with Crippen molar-refractivity contribution in [3.8, 4) is 0 Å². The van der Waals surface area contributed by atoms with Gasteiger partial charge in [-0.05, 0) is 47.1 Å². The van der Waals surface area contributed by atoms with Crippen LogP contribution in [0.2, 0.25) is 0 Å². The molecule has 1 unspecified atom stereocenters. The first-order valence-electron chi connectivity index (χ1n) is 9.74. The van der Waals surface area contributed by atoms with Crippen LogP contribution in [0.15, 0.2) is 121 Å². The third kappa shape index (κ3) is 5.83. The van der Waals surface area contributed by atoms with Crippen molar-refractivity contribution in [3.05, 3.63) is 132 Å². The monoisotopic (exact) mass is 465 g/mol. The first kappa shape index (κ1) is 22.2. The van der Waals surface area contributed by atoms with Crippen LogP contribution in [0, 0.1) is 10.2 Å². The lowest BCUT2D eigenvalue weighted by Gasteiger charge is -2.21. The Hall–Kier alpha value is -2.97. The van der Waals surface area contributed by atoms with Gasteiger partial charge in [-0.25, -0.2) is 0 Å². The summed E-state index contributed by atoms with van der Waals surface area (Å²) >= 11 is 0. The van der Waals surface area contributed by atoms with E-state index in [1.807, 2.05) is 115 Å². The second kappa shape index (κ2) is 10.1. The summed E-state index contributed by atoms with van der Waals surface area (Å²) in [5, 5.41) is 3.21. The van der Waals surface area contributed by atoms with Crippen LogP contribution < -0.4 is 19.3 Å². The largest absolute Gasteiger partial charge is 0.362 e. The van der Waals surface area contributed by atoms with E-state index in [0.717, 1.165) is 22.4 Å². The third-order valence-electron chi connectivity index (χ3n) is 4.55. The molecule has 3 aromatic carbocycles. The Morgan fingerprint density at radius 1 is 0.719 bits per heavy atom. The van der Waals surface area contributed by atoms with Crippen molar-refractivity contribution in [1.82, 2.24) is 0 Å². The van der Waals surface area contributed by atoms with Crippen LogP contribution in [0.3, 0.4) is 0 Å². The molecule has 0 saturated heterocycles. The number of benzene rings is 3. The summed E-state index contributed by atoms with van der Waals surface area (Å²) < 4.78 is 39.8. The molecular formula is C25H20ClNO4S. The minimum Gasteiger partial charge on any atom is -0.362 e.